The Bertz CT molecular complexity index is 535. The maximum atomic E-state index is 6.60. The summed E-state index contributed by atoms with van der Waals surface area (Å²) in [5.41, 5.74) is 2.59. The van der Waals surface area contributed by atoms with Gasteiger partial charge in [0.05, 0.1) is 12.5 Å². The van der Waals surface area contributed by atoms with Crippen LogP contribution in [0.5, 0.6) is 5.75 Å². The smallest absolute Gasteiger partial charge is 0.118 e. The molecule has 0 spiro atoms. The number of methoxy groups -OCH3 is 1. The van der Waals surface area contributed by atoms with E-state index in [2.05, 4.69) is 42.5 Å². The van der Waals surface area contributed by atoms with Crippen molar-refractivity contribution in [2.75, 3.05) is 7.11 Å². The first kappa shape index (κ1) is 12.6. The third kappa shape index (κ3) is 2.62. The molecule has 98 valence electrons. The first-order valence-corrected chi connectivity index (χ1v) is 7.06. The number of rotatable bonds is 4. The van der Waals surface area contributed by atoms with Crippen LogP contribution in [0.4, 0.5) is 0 Å². The van der Waals surface area contributed by atoms with Gasteiger partial charge in [-0.1, -0.05) is 42.5 Å². The Kier molecular flexibility index (Phi) is 3.48. The lowest BCUT2D eigenvalue weighted by atomic mass is 10.0. The average Bonchev–Trinajstić information content (AvgIpc) is 3.28. The molecule has 0 N–H and O–H groups in total. The zero-order valence-corrected chi connectivity index (χ0v) is 11.7. The second kappa shape index (κ2) is 5.26. The maximum absolute atomic E-state index is 6.60. The lowest BCUT2D eigenvalue weighted by Gasteiger charge is -2.10. The molecule has 19 heavy (non-hydrogen) atoms. The zero-order chi connectivity index (χ0) is 13.2. The van der Waals surface area contributed by atoms with Crippen LogP contribution in [-0.2, 0) is 0 Å². The Balaban J connectivity index is 1.70. The molecule has 0 aliphatic heterocycles. The van der Waals surface area contributed by atoms with Gasteiger partial charge in [-0.3, -0.25) is 0 Å². The Morgan fingerprint density at radius 2 is 1.74 bits per heavy atom. The van der Waals surface area contributed by atoms with Crippen molar-refractivity contribution in [3.05, 3.63) is 65.7 Å². The summed E-state index contributed by atoms with van der Waals surface area (Å²) in [7, 11) is 1.68. The molecule has 0 bridgehead atoms. The van der Waals surface area contributed by atoms with E-state index in [0.29, 0.717) is 11.8 Å². The van der Waals surface area contributed by atoms with E-state index >= 15 is 0 Å². The van der Waals surface area contributed by atoms with Gasteiger partial charge in [-0.25, -0.2) is 0 Å². The van der Waals surface area contributed by atoms with Gasteiger partial charge in [0.2, 0.25) is 0 Å². The highest BCUT2D eigenvalue weighted by atomic mass is 35.5. The summed E-state index contributed by atoms with van der Waals surface area (Å²) >= 11 is 6.60. The molecule has 1 aliphatic rings. The monoisotopic (exact) mass is 272 g/mol. The molecule has 0 amide bonds. The SMILES string of the molecule is COc1ccc(C(Cl)C2CC2c2ccccc2)cc1. The van der Waals surface area contributed by atoms with Crippen molar-refractivity contribution in [3.8, 4) is 5.75 Å². The van der Waals surface area contributed by atoms with Crippen LogP contribution in [0.2, 0.25) is 0 Å². The molecule has 1 nitrogen and oxygen atoms in total. The summed E-state index contributed by atoms with van der Waals surface area (Å²) in [5, 5.41) is 0.0936. The minimum Gasteiger partial charge on any atom is -0.497 e. The fraction of sp³-hybridized carbons (Fsp3) is 0.294. The van der Waals surface area contributed by atoms with Crippen molar-refractivity contribution in [2.24, 2.45) is 5.92 Å². The van der Waals surface area contributed by atoms with Gasteiger partial charge < -0.3 is 4.74 Å². The van der Waals surface area contributed by atoms with Crippen molar-refractivity contribution in [1.29, 1.82) is 0 Å². The molecule has 3 rings (SSSR count). The fourth-order valence-corrected chi connectivity index (χ4v) is 3.08. The molecule has 2 aromatic carbocycles. The van der Waals surface area contributed by atoms with Crippen molar-refractivity contribution in [1.82, 2.24) is 0 Å². The number of hydrogen-bond donors (Lipinski definition) is 0. The van der Waals surface area contributed by atoms with Gasteiger partial charge >= 0.3 is 0 Å². The third-order valence-corrected chi connectivity index (χ3v) is 4.45. The summed E-state index contributed by atoms with van der Waals surface area (Å²) in [6.07, 6.45) is 1.18. The lowest BCUT2D eigenvalue weighted by Crippen LogP contribution is -1.95. The average molecular weight is 273 g/mol. The van der Waals surface area contributed by atoms with Gasteiger partial charge in [0.15, 0.2) is 0 Å². The molecule has 0 saturated heterocycles. The quantitative estimate of drug-likeness (QED) is 0.728. The van der Waals surface area contributed by atoms with Crippen LogP contribution in [0.1, 0.15) is 28.8 Å². The Labute approximate surface area is 119 Å². The number of ether oxygens (including phenoxy) is 1. The molecule has 2 aromatic rings. The maximum Gasteiger partial charge on any atom is 0.118 e. The normalized spacial score (nSPS) is 22.8. The standard InChI is InChI=1S/C17H17ClO/c1-19-14-9-7-13(8-10-14)17(18)16-11-15(16)12-5-3-2-4-6-12/h2-10,15-17H,11H2,1H3. The van der Waals surface area contributed by atoms with Crippen LogP contribution in [0.15, 0.2) is 54.6 Å². The van der Waals surface area contributed by atoms with Crippen LogP contribution in [0, 0.1) is 5.92 Å². The van der Waals surface area contributed by atoms with Crippen LogP contribution >= 0.6 is 11.6 Å². The van der Waals surface area contributed by atoms with Gasteiger partial charge in [-0.05, 0) is 41.5 Å². The molecule has 1 aliphatic carbocycles. The summed E-state index contributed by atoms with van der Waals surface area (Å²) < 4.78 is 5.17. The van der Waals surface area contributed by atoms with E-state index in [1.807, 2.05) is 12.1 Å². The van der Waals surface area contributed by atoms with Crippen molar-refractivity contribution >= 4 is 11.6 Å². The van der Waals surface area contributed by atoms with E-state index < -0.39 is 0 Å². The largest absolute Gasteiger partial charge is 0.497 e. The Hall–Kier alpha value is -1.47. The van der Waals surface area contributed by atoms with E-state index in [9.17, 15) is 0 Å². The molecular weight excluding hydrogens is 256 g/mol. The molecular formula is C17H17ClO. The molecule has 1 fully saturated rings. The topological polar surface area (TPSA) is 9.23 Å². The predicted molar refractivity (Wildman–Crippen MR) is 78.9 cm³/mol. The van der Waals surface area contributed by atoms with Gasteiger partial charge in [-0.2, -0.15) is 0 Å². The summed E-state index contributed by atoms with van der Waals surface area (Å²) in [5.74, 6) is 2.05. The van der Waals surface area contributed by atoms with Gasteiger partial charge in [0.25, 0.3) is 0 Å². The fourth-order valence-electron chi connectivity index (χ4n) is 2.66. The number of benzene rings is 2. The van der Waals surface area contributed by atoms with Crippen LogP contribution < -0.4 is 4.74 Å². The van der Waals surface area contributed by atoms with E-state index in [-0.39, 0.29) is 5.38 Å². The molecule has 3 unspecified atom stereocenters. The van der Waals surface area contributed by atoms with E-state index in [1.54, 1.807) is 7.11 Å². The Morgan fingerprint density at radius 1 is 1.05 bits per heavy atom. The molecule has 1 saturated carbocycles. The minimum absolute atomic E-state index is 0.0936. The summed E-state index contributed by atoms with van der Waals surface area (Å²) in [6.45, 7) is 0. The number of alkyl halides is 1. The van der Waals surface area contributed by atoms with Gasteiger partial charge in [-0.15, -0.1) is 11.6 Å². The first-order chi connectivity index (χ1) is 9.29. The number of halogens is 1. The van der Waals surface area contributed by atoms with Crippen molar-refractivity contribution in [2.45, 2.75) is 17.7 Å². The van der Waals surface area contributed by atoms with Crippen LogP contribution in [-0.4, -0.2) is 7.11 Å². The van der Waals surface area contributed by atoms with E-state index in [0.717, 1.165) is 5.75 Å². The molecule has 0 aromatic heterocycles. The Morgan fingerprint density at radius 3 is 2.37 bits per heavy atom. The van der Waals surface area contributed by atoms with E-state index in [4.69, 9.17) is 16.3 Å². The number of hydrogen-bond acceptors (Lipinski definition) is 1. The predicted octanol–water partition coefficient (Wildman–Crippen LogP) is 4.78. The molecule has 0 radical (unpaired) electrons. The highest BCUT2D eigenvalue weighted by Crippen LogP contribution is 2.56. The summed E-state index contributed by atoms with van der Waals surface area (Å²) in [4.78, 5) is 0. The second-order valence-corrected chi connectivity index (χ2v) is 5.56. The van der Waals surface area contributed by atoms with Crippen molar-refractivity contribution < 1.29 is 4.74 Å². The molecule has 0 heterocycles. The van der Waals surface area contributed by atoms with Crippen molar-refractivity contribution in [3.63, 3.8) is 0 Å². The van der Waals surface area contributed by atoms with E-state index in [1.165, 1.54) is 17.5 Å². The zero-order valence-electron chi connectivity index (χ0n) is 10.9. The van der Waals surface area contributed by atoms with Crippen LogP contribution in [0.3, 0.4) is 0 Å². The first-order valence-electron chi connectivity index (χ1n) is 6.62. The summed E-state index contributed by atoms with van der Waals surface area (Å²) in [6, 6.07) is 18.7. The van der Waals surface area contributed by atoms with Gasteiger partial charge in [0, 0.05) is 0 Å². The lowest BCUT2D eigenvalue weighted by molar-refractivity contribution is 0.414. The second-order valence-electron chi connectivity index (χ2n) is 5.09. The highest BCUT2D eigenvalue weighted by molar-refractivity contribution is 6.21. The molecule has 2 heteroatoms. The third-order valence-electron chi connectivity index (χ3n) is 3.88. The minimum atomic E-state index is 0.0936. The highest BCUT2D eigenvalue weighted by Gasteiger charge is 2.43. The molecule has 3 atom stereocenters. The van der Waals surface area contributed by atoms with Crippen LogP contribution in [0.25, 0.3) is 0 Å². The van der Waals surface area contributed by atoms with Gasteiger partial charge in [0.1, 0.15) is 5.75 Å².